The predicted octanol–water partition coefficient (Wildman–Crippen LogP) is 2.43. The molecule has 1 aliphatic rings. The molecule has 2 rings (SSSR count). The molecule has 0 spiro atoms. The number of carboxylic acids is 1. The van der Waals surface area contributed by atoms with Crippen LogP contribution >= 0.6 is 0 Å². The maximum absolute atomic E-state index is 12.9. The predicted molar refractivity (Wildman–Crippen MR) is 91.2 cm³/mol. The molecule has 0 radical (unpaired) electrons. The van der Waals surface area contributed by atoms with Crippen LogP contribution in [0, 0.1) is 5.92 Å². The number of aromatic amines is 1. The van der Waals surface area contributed by atoms with Crippen LogP contribution in [0.2, 0.25) is 0 Å². The Morgan fingerprint density at radius 3 is 2.42 bits per heavy atom. The van der Waals surface area contributed by atoms with Gasteiger partial charge in [0.1, 0.15) is 5.54 Å². The van der Waals surface area contributed by atoms with Crippen LogP contribution in [0.3, 0.4) is 0 Å². The molecular formula is C18H26N2O4. The lowest BCUT2D eigenvalue weighted by molar-refractivity contribution is -0.151. The van der Waals surface area contributed by atoms with E-state index in [2.05, 4.69) is 4.98 Å². The highest BCUT2D eigenvalue weighted by atomic mass is 16.4. The van der Waals surface area contributed by atoms with Crippen molar-refractivity contribution in [1.29, 1.82) is 0 Å². The second kappa shape index (κ2) is 7.20. The largest absolute Gasteiger partial charge is 0.479 e. The normalized spacial score (nSPS) is 16.8. The molecule has 1 fully saturated rings. The van der Waals surface area contributed by atoms with Crippen LogP contribution in [-0.2, 0) is 11.2 Å². The number of aromatic nitrogens is 1. The van der Waals surface area contributed by atoms with Crippen molar-refractivity contribution in [3.8, 4) is 0 Å². The van der Waals surface area contributed by atoms with E-state index in [-0.39, 0.29) is 11.1 Å². The second-order valence-electron chi connectivity index (χ2n) is 7.12. The lowest BCUT2D eigenvalue weighted by Crippen LogP contribution is -2.56. The zero-order chi connectivity index (χ0) is 17.9. The fourth-order valence-electron chi connectivity index (χ4n) is 3.49. The third-order valence-electron chi connectivity index (χ3n) is 4.80. The Hall–Kier alpha value is -2.11. The Morgan fingerprint density at radius 2 is 1.88 bits per heavy atom. The average Bonchev–Trinajstić information content (AvgIpc) is 2.52. The molecule has 2 N–H and O–H groups in total. The molecule has 0 aromatic carbocycles. The van der Waals surface area contributed by atoms with Crippen LogP contribution in [-0.4, -0.2) is 39.5 Å². The first-order valence-corrected chi connectivity index (χ1v) is 8.51. The van der Waals surface area contributed by atoms with E-state index in [1.165, 1.54) is 18.0 Å². The number of carbonyl (C=O) groups excluding carboxylic acids is 1. The molecule has 1 amide bonds. The Bertz CT molecular complexity index is 672. The number of hydrogen-bond acceptors (Lipinski definition) is 3. The number of amides is 1. The molecule has 1 heterocycles. The van der Waals surface area contributed by atoms with Gasteiger partial charge in [-0.1, -0.05) is 33.1 Å². The lowest BCUT2D eigenvalue weighted by Gasteiger charge is -2.41. The lowest BCUT2D eigenvalue weighted by atomic mass is 9.80. The zero-order valence-electron chi connectivity index (χ0n) is 14.6. The van der Waals surface area contributed by atoms with Crippen LogP contribution in [0.25, 0.3) is 0 Å². The Kier molecular flexibility index (Phi) is 5.47. The third kappa shape index (κ3) is 3.68. The van der Waals surface area contributed by atoms with Gasteiger partial charge in [0.15, 0.2) is 0 Å². The second-order valence-corrected chi connectivity index (χ2v) is 7.12. The van der Waals surface area contributed by atoms with Gasteiger partial charge in [-0.05, 0) is 31.2 Å². The zero-order valence-corrected chi connectivity index (χ0v) is 14.6. The highest BCUT2D eigenvalue weighted by Gasteiger charge is 2.45. The standard InChI is InChI=1S/C18H26N2O4/c1-12(2)9-14-10-13(11-15(21)19-14)16(22)20(3)18(17(23)24)7-5-4-6-8-18/h10-12H,4-9H2,1-3H3,(H,19,21)(H,23,24). The molecule has 1 saturated carbocycles. The van der Waals surface area contributed by atoms with Crippen molar-refractivity contribution in [1.82, 2.24) is 9.88 Å². The number of hydrogen-bond donors (Lipinski definition) is 2. The van der Waals surface area contributed by atoms with Gasteiger partial charge in [-0.3, -0.25) is 9.59 Å². The molecule has 24 heavy (non-hydrogen) atoms. The summed E-state index contributed by atoms with van der Waals surface area (Å²) in [5, 5.41) is 9.72. The van der Waals surface area contributed by atoms with Crippen molar-refractivity contribution in [3.05, 3.63) is 33.7 Å². The highest BCUT2D eigenvalue weighted by Crippen LogP contribution is 2.34. The van der Waals surface area contributed by atoms with Gasteiger partial charge in [-0.2, -0.15) is 0 Å². The number of rotatable bonds is 5. The smallest absolute Gasteiger partial charge is 0.329 e. The summed E-state index contributed by atoms with van der Waals surface area (Å²) in [6.07, 6.45) is 4.12. The number of aliphatic carboxylic acids is 1. The molecule has 6 heteroatoms. The fourth-order valence-corrected chi connectivity index (χ4v) is 3.49. The van der Waals surface area contributed by atoms with E-state index in [9.17, 15) is 19.5 Å². The third-order valence-corrected chi connectivity index (χ3v) is 4.80. The maximum atomic E-state index is 12.9. The van der Waals surface area contributed by atoms with Crippen molar-refractivity contribution in [2.45, 2.75) is 57.9 Å². The van der Waals surface area contributed by atoms with Gasteiger partial charge >= 0.3 is 5.97 Å². The van der Waals surface area contributed by atoms with Crippen LogP contribution in [0.4, 0.5) is 0 Å². The molecule has 0 bridgehead atoms. The van der Waals surface area contributed by atoms with Crippen molar-refractivity contribution < 1.29 is 14.7 Å². The van der Waals surface area contributed by atoms with Gasteiger partial charge in [0, 0.05) is 24.4 Å². The van der Waals surface area contributed by atoms with Crippen LogP contribution in [0.5, 0.6) is 0 Å². The quantitative estimate of drug-likeness (QED) is 0.865. The van der Waals surface area contributed by atoms with Gasteiger partial charge in [0.05, 0.1) is 0 Å². The highest BCUT2D eigenvalue weighted by molar-refractivity contribution is 5.97. The summed E-state index contributed by atoms with van der Waals surface area (Å²) in [4.78, 5) is 40.7. The molecule has 0 saturated heterocycles. The van der Waals surface area contributed by atoms with Crippen LogP contribution in [0.1, 0.15) is 62.0 Å². The molecule has 0 atom stereocenters. The minimum atomic E-state index is -1.17. The van der Waals surface area contributed by atoms with Gasteiger partial charge in [0.2, 0.25) is 5.56 Å². The minimum absolute atomic E-state index is 0.253. The van der Waals surface area contributed by atoms with E-state index in [0.717, 1.165) is 19.3 Å². The summed E-state index contributed by atoms with van der Waals surface area (Å²) in [6.45, 7) is 4.06. The monoisotopic (exact) mass is 334 g/mol. The molecular weight excluding hydrogens is 308 g/mol. The Labute approximate surface area is 141 Å². The van der Waals surface area contributed by atoms with Crippen molar-refractivity contribution in [3.63, 3.8) is 0 Å². The van der Waals surface area contributed by atoms with E-state index in [1.54, 1.807) is 6.07 Å². The number of carbonyl (C=O) groups is 2. The summed E-state index contributed by atoms with van der Waals surface area (Å²) < 4.78 is 0. The molecule has 1 aliphatic carbocycles. The fraction of sp³-hybridized carbons (Fsp3) is 0.611. The first kappa shape index (κ1) is 18.2. The number of pyridine rings is 1. The number of carboxylic acid groups (broad SMARTS) is 1. The SMILES string of the molecule is CC(C)Cc1cc(C(=O)N(C)C2(C(=O)O)CCCCC2)cc(=O)[nH]1. The van der Waals surface area contributed by atoms with Crippen molar-refractivity contribution >= 4 is 11.9 Å². The molecule has 6 nitrogen and oxygen atoms in total. The first-order valence-electron chi connectivity index (χ1n) is 8.51. The first-order chi connectivity index (χ1) is 11.3. The van der Waals surface area contributed by atoms with Crippen molar-refractivity contribution in [2.75, 3.05) is 7.05 Å². The van der Waals surface area contributed by atoms with E-state index in [4.69, 9.17) is 0 Å². The Balaban J connectivity index is 2.34. The van der Waals surface area contributed by atoms with E-state index >= 15 is 0 Å². The van der Waals surface area contributed by atoms with Gasteiger partial charge in [-0.25, -0.2) is 4.79 Å². The molecule has 132 valence electrons. The summed E-state index contributed by atoms with van der Waals surface area (Å²) in [7, 11) is 1.53. The number of H-pyrrole nitrogens is 1. The number of nitrogens with zero attached hydrogens (tertiary/aromatic N) is 1. The summed E-state index contributed by atoms with van der Waals surface area (Å²) >= 11 is 0. The van der Waals surface area contributed by atoms with Gasteiger partial charge in [0.25, 0.3) is 5.91 Å². The van der Waals surface area contributed by atoms with E-state index < -0.39 is 17.4 Å². The minimum Gasteiger partial charge on any atom is -0.479 e. The van der Waals surface area contributed by atoms with Crippen LogP contribution in [0.15, 0.2) is 16.9 Å². The summed E-state index contributed by atoms with van der Waals surface area (Å²) in [5.41, 5.74) is -0.556. The average molecular weight is 334 g/mol. The molecule has 1 aromatic rings. The van der Waals surface area contributed by atoms with E-state index in [0.29, 0.717) is 30.9 Å². The summed E-state index contributed by atoms with van der Waals surface area (Å²) in [5.74, 6) is -1.03. The Morgan fingerprint density at radius 1 is 1.25 bits per heavy atom. The topological polar surface area (TPSA) is 90.5 Å². The van der Waals surface area contributed by atoms with E-state index in [1.807, 2.05) is 13.8 Å². The van der Waals surface area contributed by atoms with Gasteiger partial charge in [-0.15, -0.1) is 0 Å². The molecule has 0 aliphatic heterocycles. The maximum Gasteiger partial charge on any atom is 0.329 e. The molecule has 1 aromatic heterocycles. The number of nitrogens with one attached hydrogen (secondary N) is 1. The van der Waals surface area contributed by atoms with Gasteiger partial charge < -0.3 is 15.0 Å². The van der Waals surface area contributed by atoms with Crippen LogP contribution < -0.4 is 5.56 Å². The van der Waals surface area contributed by atoms with Crippen molar-refractivity contribution in [2.24, 2.45) is 5.92 Å². The number of likely N-dealkylation sites (N-methyl/N-ethyl adjacent to an activating group) is 1. The molecule has 0 unspecified atom stereocenters. The summed E-state index contributed by atoms with van der Waals surface area (Å²) in [6, 6.07) is 2.92.